The standard InChI is InChI=1S/C14H23FN2O2S/c1-11(2)17(12(3)4)9-8-16-20(18,19)14-7-5-6-13(15)10-14/h5-7,10-12,16H,8-9H2,1-4H3. The Bertz CT molecular complexity index is 522. The number of nitrogens with zero attached hydrogens (tertiary/aromatic N) is 1. The summed E-state index contributed by atoms with van der Waals surface area (Å²) in [6.07, 6.45) is 0. The van der Waals surface area contributed by atoms with Crippen LogP contribution >= 0.6 is 0 Å². The molecule has 0 unspecified atom stereocenters. The highest BCUT2D eigenvalue weighted by molar-refractivity contribution is 7.89. The number of rotatable bonds is 7. The van der Waals surface area contributed by atoms with Crippen LogP contribution in [-0.4, -0.2) is 38.5 Å². The molecule has 0 heterocycles. The Labute approximate surface area is 121 Å². The van der Waals surface area contributed by atoms with Crippen molar-refractivity contribution in [3.63, 3.8) is 0 Å². The van der Waals surface area contributed by atoms with Gasteiger partial charge in [-0.25, -0.2) is 17.5 Å². The van der Waals surface area contributed by atoms with Crippen molar-refractivity contribution in [1.29, 1.82) is 0 Å². The molecule has 1 rings (SSSR count). The van der Waals surface area contributed by atoms with Crippen LogP contribution in [0.2, 0.25) is 0 Å². The first kappa shape index (κ1) is 17.1. The molecular weight excluding hydrogens is 279 g/mol. The number of sulfonamides is 1. The minimum atomic E-state index is -3.65. The number of nitrogens with one attached hydrogen (secondary N) is 1. The Balaban J connectivity index is 2.65. The molecule has 0 spiro atoms. The van der Waals surface area contributed by atoms with Gasteiger partial charge in [0, 0.05) is 25.2 Å². The molecule has 0 aliphatic carbocycles. The van der Waals surface area contributed by atoms with Gasteiger partial charge in [-0.1, -0.05) is 6.07 Å². The molecule has 0 saturated carbocycles. The molecule has 0 atom stereocenters. The summed E-state index contributed by atoms with van der Waals surface area (Å²) in [5.41, 5.74) is 0. The zero-order valence-electron chi connectivity index (χ0n) is 12.4. The summed E-state index contributed by atoms with van der Waals surface area (Å²) >= 11 is 0. The summed E-state index contributed by atoms with van der Waals surface area (Å²) in [6.45, 7) is 9.20. The molecule has 0 amide bonds. The average Bonchev–Trinajstić information content (AvgIpc) is 2.33. The van der Waals surface area contributed by atoms with Crippen LogP contribution in [0.5, 0.6) is 0 Å². The minimum Gasteiger partial charge on any atom is -0.297 e. The summed E-state index contributed by atoms with van der Waals surface area (Å²) in [4.78, 5) is 2.15. The van der Waals surface area contributed by atoms with E-state index in [1.165, 1.54) is 18.2 Å². The van der Waals surface area contributed by atoms with Crippen LogP contribution in [0.15, 0.2) is 29.2 Å². The van der Waals surface area contributed by atoms with Crippen molar-refractivity contribution in [1.82, 2.24) is 9.62 Å². The smallest absolute Gasteiger partial charge is 0.240 e. The molecule has 20 heavy (non-hydrogen) atoms. The quantitative estimate of drug-likeness (QED) is 0.840. The van der Waals surface area contributed by atoms with Gasteiger partial charge in [-0.05, 0) is 45.9 Å². The third-order valence-electron chi connectivity index (χ3n) is 3.10. The fourth-order valence-electron chi connectivity index (χ4n) is 2.14. The van der Waals surface area contributed by atoms with Crippen molar-refractivity contribution in [2.45, 2.75) is 44.7 Å². The largest absolute Gasteiger partial charge is 0.297 e. The lowest BCUT2D eigenvalue weighted by Crippen LogP contribution is -2.42. The van der Waals surface area contributed by atoms with E-state index in [9.17, 15) is 12.8 Å². The number of benzene rings is 1. The van der Waals surface area contributed by atoms with E-state index in [4.69, 9.17) is 0 Å². The summed E-state index contributed by atoms with van der Waals surface area (Å²) in [5.74, 6) is -0.557. The molecule has 0 saturated heterocycles. The topological polar surface area (TPSA) is 49.4 Å². The lowest BCUT2D eigenvalue weighted by Gasteiger charge is -2.30. The van der Waals surface area contributed by atoms with Crippen molar-refractivity contribution in [2.24, 2.45) is 0 Å². The molecule has 0 bridgehead atoms. The molecule has 6 heteroatoms. The third-order valence-corrected chi connectivity index (χ3v) is 4.55. The van der Waals surface area contributed by atoms with Crippen LogP contribution in [0.3, 0.4) is 0 Å². The molecule has 1 aromatic rings. The molecule has 4 nitrogen and oxygen atoms in total. The predicted octanol–water partition coefficient (Wildman–Crippen LogP) is 2.22. The van der Waals surface area contributed by atoms with Gasteiger partial charge in [0.2, 0.25) is 10.0 Å². The van der Waals surface area contributed by atoms with Gasteiger partial charge in [0.15, 0.2) is 0 Å². The molecule has 0 aromatic heterocycles. The van der Waals surface area contributed by atoms with E-state index in [-0.39, 0.29) is 4.90 Å². The van der Waals surface area contributed by atoms with E-state index in [1.807, 2.05) is 0 Å². The monoisotopic (exact) mass is 302 g/mol. The maximum atomic E-state index is 13.1. The first-order valence-corrected chi connectivity index (χ1v) is 8.23. The fourth-order valence-corrected chi connectivity index (χ4v) is 3.19. The van der Waals surface area contributed by atoms with Gasteiger partial charge >= 0.3 is 0 Å². The summed E-state index contributed by atoms with van der Waals surface area (Å²) < 4.78 is 39.6. The van der Waals surface area contributed by atoms with E-state index in [0.29, 0.717) is 25.2 Å². The maximum absolute atomic E-state index is 13.1. The highest BCUT2D eigenvalue weighted by Crippen LogP contribution is 2.10. The van der Waals surface area contributed by atoms with Crippen molar-refractivity contribution in [3.05, 3.63) is 30.1 Å². The van der Waals surface area contributed by atoms with Gasteiger partial charge in [0.05, 0.1) is 4.90 Å². The van der Waals surface area contributed by atoms with Crippen molar-refractivity contribution in [3.8, 4) is 0 Å². The van der Waals surface area contributed by atoms with Crippen LogP contribution in [0.25, 0.3) is 0 Å². The zero-order chi connectivity index (χ0) is 15.3. The summed E-state index contributed by atoms with van der Waals surface area (Å²) in [7, 11) is -3.65. The highest BCUT2D eigenvalue weighted by Gasteiger charge is 2.17. The van der Waals surface area contributed by atoms with Crippen LogP contribution < -0.4 is 4.72 Å². The highest BCUT2D eigenvalue weighted by atomic mass is 32.2. The zero-order valence-corrected chi connectivity index (χ0v) is 13.2. The lowest BCUT2D eigenvalue weighted by atomic mass is 10.2. The van der Waals surface area contributed by atoms with E-state index < -0.39 is 15.8 Å². The molecule has 1 N–H and O–H groups in total. The Morgan fingerprint density at radius 1 is 1.20 bits per heavy atom. The summed E-state index contributed by atoms with van der Waals surface area (Å²) in [5, 5.41) is 0. The normalized spacial score (nSPS) is 12.6. The first-order chi connectivity index (χ1) is 9.24. The number of hydrogen-bond donors (Lipinski definition) is 1. The summed E-state index contributed by atoms with van der Waals surface area (Å²) in [6, 6.07) is 5.69. The molecule has 0 aliphatic heterocycles. The second-order valence-corrected chi connectivity index (χ2v) is 7.05. The van der Waals surface area contributed by atoms with Gasteiger partial charge in [0.25, 0.3) is 0 Å². The molecule has 1 aromatic carbocycles. The molecule has 0 radical (unpaired) electrons. The predicted molar refractivity (Wildman–Crippen MR) is 78.6 cm³/mol. The third kappa shape index (κ3) is 4.85. The lowest BCUT2D eigenvalue weighted by molar-refractivity contribution is 0.179. The SMILES string of the molecule is CC(C)N(CCNS(=O)(=O)c1cccc(F)c1)C(C)C. The Morgan fingerprint density at radius 3 is 2.30 bits per heavy atom. The van der Waals surface area contributed by atoms with E-state index >= 15 is 0 Å². The molecule has 0 fully saturated rings. The van der Waals surface area contributed by atoms with Crippen molar-refractivity contribution in [2.75, 3.05) is 13.1 Å². The van der Waals surface area contributed by atoms with E-state index in [1.54, 1.807) is 0 Å². The Kier molecular flexibility index (Phi) is 6.10. The van der Waals surface area contributed by atoms with Gasteiger partial charge in [-0.3, -0.25) is 4.90 Å². The van der Waals surface area contributed by atoms with E-state index in [2.05, 4.69) is 37.3 Å². The van der Waals surface area contributed by atoms with Gasteiger partial charge in [-0.15, -0.1) is 0 Å². The van der Waals surface area contributed by atoms with Gasteiger partial charge in [0.1, 0.15) is 5.82 Å². The second kappa shape index (κ2) is 7.15. The molecule has 114 valence electrons. The minimum absolute atomic E-state index is 0.0434. The maximum Gasteiger partial charge on any atom is 0.240 e. The van der Waals surface area contributed by atoms with Gasteiger partial charge in [-0.2, -0.15) is 0 Å². The van der Waals surface area contributed by atoms with Gasteiger partial charge < -0.3 is 0 Å². The number of hydrogen-bond acceptors (Lipinski definition) is 3. The van der Waals surface area contributed by atoms with Crippen LogP contribution in [0.1, 0.15) is 27.7 Å². The van der Waals surface area contributed by atoms with Crippen molar-refractivity contribution >= 4 is 10.0 Å². The second-order valence-electron chi connectivity index (χ2n) is 5.28. The number of halogens is 1. The molecular formula is C14H23FN2O2S. The van der Waals surface area contributed by atoms with Crippen molar-refractivity contribution < 1.29 is 12.8 Å². The first-order valence-electron chi connectivity index (χ1n) is 6.75. The van der Waals surface area contributed by atoms with Crippen LogP contribution in [-0.2, 0) is 10.0 Å². The Hall–Kier alpha value is -0.980. The van der Waals surface area contributed by atoms with E-state index in [0.717, 1.165) is 6.07 Å². The van der Waals surface area contributed by atoms with Crippen LogP contribution in [0.4, 0.5) is 4.39 Å². The fraction of sp³-hybridized carbons (Fsp3) is 0.571. The molecule has 0 aliphatic rings. The average molecular weight is 302 g/mol. The Morgan fingerprint density at radius 2 is 1.80 bits per heavy atom. The van der Waals surface area contributed by atoms with Crippen LogP contribution in [0, 0.1) is 5.82 Å².